The molecule has 30 heavy (non-hydrogen) atoms. The number of para-hydroxylation sites is 2. The van der Waals surface area contributed by atoms with Gasteiger partial charge in [0, 0.05) is 13.1 Å². The van der Waals surface area contributed by atoms with Gasteiger partial charge in [-0.15, -0.1) is 0 Å². The maximum atomic E-state index is 12.9. The number of hydrogen-bond acceptors (Lipinski definition) is 6. The molecule has 1 saturated heterocycles. The molecule has 158 valence electrons. The van der Waals surface area contributed by atoms with E-state index in [9.17, 15) is 13.2 Å². The number of benzene rings is 2. The van der Waals surface area contributed by atoms with Crippen LogP contribution in [-0.4, -0.2) is 42.5 Å². The van der Waals surface area contributed by atoms with Crippen molar-refractivity contribution in [2.75, 3.05) is 24.2 Å². The van der Waals surface area contributed by atoms with Crippen LogP contribution >= 0.6 is 23.4 Å². The molecule has 4 rings (SSSR count). The van der Waals surface area contributed by atoms with E-state index in [1.54, 1.807) is 6.07 Å². The number of nitrogens with zero attached hydrogens (tertiary/aromatic N) is 2. The number of halogens is 1. The van der Waals surface area contributed by atoms with Crippen LogP contribution in [0, 0.1) is 0 Å². The second-order valence-electron chi connectivity index (χ2n) is 6.89. The van der Waals surface area contributed by atoms with Gasteiger partial charge in [0.05, 0.1) is 21.4 Å². The van der Waals surface area contributed by atoms with Gasteiger partial charge in [-0.2, -0.15) is 4.31 Å². The van der Waals surface area contributed by atoms with Crippen molar-refractivity contribution in [2.45, 2.75) is 29.4 Å². The number of fused-ring (bicyclic) bond motifs is 1. The van der Waals surface area contributed by atoms with E-state index in [1.165, 1.54) is 22.5 Å². The third kappa shape index (κ3) is 4.64. The molecule has 10 heteroatoms. The molecule has 0 spiro atoms. The van der Waals surface area contributed by atoms with Crippen molar-refractivity contribution in [3.63, 3.8) is 0 Å². The third-order valence-electron chi connectivity index (χ3n) is 4.77. The molecule has 1 aliphatic heterocycles. The Morgan fingerprint density at radius 2 is 1.93 bits per heavy atom. The lowest BCUT2D eigenvalue weighted by atomic mass is 10.2. The second-order valence-corrected chi connectivity index (χ2v) is 10.2. The highest BCUT2D eigenvalue weighted by molar-refractivity contribution is 7.99. The van der Waals surface area contributed by atoms with Gasteiger partial charge in [-0.1, -0.05) is 41.9 Å². The molecule has 0 unspecified atom stereocenters. The number of thioether (sulfide) groups is 1. The highest BCUT2D eigenvalue weighted by Crippen LogP contribution is 2.29. The molecule has 3 aromatic rings. The van der Waals surface area contributed by atoms with Crippen molar-refractivity contribution in [2.24, 2.45) is 0 Å². The van der Waals surface area contributed by atoms with E-state index in [2.05, 4.69) is 10.3 Å². The van der Waals surface area contributed by atoms with Crippen LogP contribution in [0.3, 0.4) is 0 Å². The second kappa shape index (κ2) is 8.97. The first-order valence-electron chi connectivity index (χ1n) is 9.51. The Balaban J connectivity index is 1.44. The highest BCUT2D eigenvalue weighted by atomic mass is 35.5. The maximum Gasteiger partial charge on any atom is 0.257 e. The smallest absolute Gasteiger partial charge is 0.257 e. The minimum absolute atomic E-state index is 0.0479. The average Bonchev–Trinajstić information content (AvgIpc) is 3.17. The van der Waals surface area contributed by atoms with Gasteiger partial charge in [0.1, 0.15) is 5.52 Å². The van der Waals surface area contributed by atoms with E-state index in [1.807, 2.05) is 18.2 Å². The molecule has 1 N–H and O–H groups in total. The maximum absolute atomic E-state index is 12.9. The summed E-state index contributed by atoms with van der Waals surface area (Å²) in [6.45, 7) is 1.02. The molecule has 7 nitrogen and oxygen atoms in total. The number of carbonyl (C=O) groups is 1. The van der Waals surface area contributed by atoms with Gasteiger partial charge in [0.25, 0.3) is 5.22 Å². The summed E-state index contributed by atoms with van der Waals surface area (Å²) in [5.41, 5.74) is 1.64. The minimum Gasteiger partial charge on any atom is -0.431 e. The monoisotopic (exact) mass is 465 g/mol. The molecule has 2 aromatic carbocycles. The van der Waals surface area contributed by atoms with E-state index < -0.39 is 10.0 Å². The standard InChI is InChI=1S/C20H20ClN3O4S2/c21-15-9-8-14(30(26,27)24-10-4-1-5-11-24)12-17(15)22-19(25)13-29-20-23-16-6-2-3-7-18(16)28-20/h2-3,6-9,12H,1,4-5,10-11,13H2,(H,22,25). The fourth-order valence-electron chi connectivity index (χ4n) is 3.24. The fourth-order valence-corrected chi connectivity index (χ4v) is 5.59. The van der Waals surface area contributed by atoms with Gasteiger partial charge in [0.15, 0.2) is 5.58 Å². The van der Waals surface area contributed by atoms with Gasteiger partial charge >= 0.3 is 0 Å². The Hall–Kier alpha value is -2.07. The molecule has 1 aromatic heterocycles. The van der Waals surface area contributed by atoms with Crippen molar-refractivity contribution in [3.05, 3.63) is 47.5 Å². The Morgan fingerprint density at radius 3 is 2.70 bits per heavy atom. The van der Waals surface area contributed by atoms with Crippen LogP contribution < -0.4 is 5.32 Å². The summed E-state index contributed by atoms with van der Waals surface area (Å²) in [6, 6.07) is 11.7. The average molecular weight is 466 g/mol. The van der Waals surface area contributed by atoms with Crippen molar-refractivity contribution in [1.82, 2.24) is 9.29 Å². The minimum atomic E-state index is -3.61. The molecule has 1 fully saturated rings. The number of anilines is 1. The molecule has 0 bridgehead atoms. The number of carbonyl (C=O) groups excluding carboxylic acids is 1. The Labute approximate surface area is 183 Å². The van der Waals surface area contributed by atoms with Gasteiger partial charge in [0.2, 0.25) is 15.9 Å². The fraction of sp³-hybridized carbons (Fsp3) is 0.300. The van der Waals surface area contributed by atoms with Crippen LogP contribution in [0.15, 0.2) is 57.0 Å². The molecular weight excluding hydrogens is 446 g/mol. The predicted molar refractivity (Wildman–Crippen MR) is 117 cm³/mol. The lowest BCUT2D eigenvalue weighted by Crippen LogP contribution is -2.35. The highest BCUT2D eigenvalue weighted by Gasteiger charge is 2.26. The van der Waals surface area contributed by atoms with E-state index in [0.717, 1.165) is 36.5 Å². The Morgan fingerprint density at radius 1 is 1.17 bits per heavy atom. The van der Waals surface area contributed by atoms with Crippen LogP contribution in [0.5, 0.6) is 0 Å². The van der Waals surface area contributed by atoms with Crippen LogP contribution in [-0.2, 0) is 14.8 Å². The largest absolute Gasteiger partial charge is 0.431 e. The number of sulfonamides is 1. The molecule has 0 radical (unpaired) electrons. The molecule has 0 atom stereocenters. The van der Waals surface area contributed by atoms with Gasteiger partial charge in [-0.25, -0.2) is 13.4 Å². The van der Waals surface area contributed by atoms with Crippen molar-refractivity contribution in [3.8, 4) is 0 Å². The van der Waals surface area contributed by atoms with Crippen molar-refractivity contribution in [1.29, 1.82) is 0 Å². The molecule has 0 saturated carbocycles. The third-order valence-corrected chi connectivity index (χ3v) is 7.82. The van der Waals surface area contributed by atoms with E-state index >= 15 is 0 Å². The normalized spacial score (nSPS) is 15.4. The number of aromatic nitrogens is 1. The van der Waals surface area contributed by atoms with Crippen LogP contribution in [0.25, 0.3) is 11.1 Å². The molecule has 0 aliphatic carbocycles. The number of hydrogen-bond donors (Lipinski definition) is 1. The number of oxazole rings is 1. The van der Waals surface area contributed by atoms with Crippen LogP contribution in [0.1, 0.15) is 19.3 Å². The topological polar surface area (TPSA) is 92.5 Å². The number of amides is 1. The zero-order valence-electron chi connectivity index (χ0n) is 16.0. The number of nitrogens with one attached hydrogen (secondary N) is 1. The summed E-state index contributed by atoms with van der Waals surface area (Å²) >= 11 is 7.34. The molecule has 1 amide bonds. The Kier molecular flexibility index (Phi) is 6.33. The van der Waals surface area contributed by atoms with E-state index in [0.29, 0.717) is 23.9 Å². The van der Waals surface area contributed by atoms with Crippen LogP contribution in [0.4, 0.5) is 5.69 Å². The summed E-state index contributed by atoms with van der Waals surface area (Å²) in [7, 11) is -3.61. The lowest BCUT2D eigenvalue weighted by molar-refractivity contribution is -0.113. The van der Waals surface area contributed by atoms with Crippen molar-refractivity contribution < 1.29 is 17.6 Å². The van der Waals surface area contributed by atoms with Crippen LogP contribution in [0.2, 0.25) is 5.02 Å². The summed E-state index contributed by atoms with van der Waals surface area (Å²) in [5.74, 6) is -0.289. The zero-order chi connectivity index (χ0) is 21.1. The summed E-state index contributed by atoms with van der Waals surface area (Å²) in [6.07, 6.45) is 2.73. The SMILES string of the molecule is O=C(CSc1nc2ccccc2o1)Nc1cc(S(=O)(=O)N2CCCCC2)ccc1Cl. The zero-order valence-corrected chi connectivity index (χ0v) is 18.4. The summed E-state index contributed by atoms with van der Waals surface area (Å²) < 4.78 is 32.8. The van der Waals surface area contributed by atoms with Gasteiger partial charge < -0.3 is 9.73 Å². The quantitative estimate of drug-likeness (QED) is 0.543. The molecule has 1 aliphatic rings. The number of rotatable bonds is 6. The first kappa shape index (κ1) is 21.2. The van der Waals surface area contributed by atoms with Gasteiger partial charge in [-0.3, -0.25) is 4.79 Å². The first-order valence-corrected chi connectivity index (χ1v) is 12.3. The summed E-state index contributed by atoms with van der Waals surface area (Å²) in [5, 5.41) is 3.34. The molecule has 2 heterocycles. The van der Waals surface area contributed by atoms with E-state index in [4.69, 9.17) is 16.0 Å². The summed E-state index contributed by atoms with van der Waals surface area (Å²) in [4.78, 5) is 16.8. The van der Waals surface area contributed by atoms with Crippen molar-refractivity contribution >= 4 is 56.1 Å². The van der Waals surface area contributed by atoms with E-state index in [-0.39, 0.29) is 27.3 Å². The predicted octanol–water partition coefficient (Wildman–Crippen LogP) is 4.39. The Bertz CT molecular complexity index is 1140. The number of piperidine rings is 1. The first-order chi connectivity index (χ1) is 14.4. The molecular formula is C20H20ClN3O4S2. The lowest BCUT2D eigenvalue weighted by Gasteiger charge is -2.26. The van der Waals surface area contributed by atoms with Gasteiger partial charge in [-0.05, 0) is 43.2 Å².